The van der Waals surface area contributed by atoms with Gasteiger partial charge < -0.3 is 10.4 Å². The maximum atomic E-state index is 13.6. The predicted octanol–water partition coefficient (Wildman–Crippen LogP) is 1.73. The number of halogens is 3. The van der Waals surface area contributed by atoms with Crippen LogP contribution in [0, 0.1) is 11.6 Å². The zero-order valence-corrected chi connectivity index (χ0v) is 9.90. The van der Waals surface area contributed by atoms with Crippen LogP contribution in [0.5, 0.6) is 5.75 Å². The van der Waals surface area contributed by atoms with Gasteiger partial charge >= 0.3 is 0 Å². The second kappa shape index (κ2) is 5.16. The van der Waals surface area contributed by atoms with Crippen LogP contribution >= 0.6 is 11.6 Å². The lowest BCUT2D eigenvalue weighted by molar-refractivity contribution is 0.229. The SMILES string of the molecule is Oc1c(Cl)cc(CN2CCNCC2)c(F)c1F. The molecular formula is C11H13ClF2N2O. The average Bonchev–Trinajstić information content (AvgIpc) is 2.35. The summed E-state index contributed by atoms with van der Waals surface area (Å²) in [4.78, 5) is 2.00. The molecule has 1 aliphatic rings. The van der Waals surface area contributed by atoms with Crippen molar-refractivity contribution >= 4 is 11.6 Å². The average molecular weight is 263 g/mol. The smallest absolute Gasteiger partial charge is 0.202 e. The Kier molecular flexibility index (Phi) is 3.81. The van der Waals surface area contributed by atoms with Gasteiger partial charge in [-0.15, -0.1) is 0 Å². The van der Waals surface area contributed by atoms with Gasteiger partial charge in [0.2, 0.25) is 5.82 Å². The molecule has 0 saturated carbocycles. The lowest BCUT2D eigenvalue weighted by atomic mass is 10.1. The number of piperazine rings is 1. The van der Waals surface area contributed by atoms with Crippen molar-refractivity contribution < 1.29 is 13.9 Å². The topological polar surface area (TPSA) is 35.5 Å². The molecule has 0 amide bonds. The maximum Gasteiger partial charge on any atom is 0.202 e. The van der Waals surface area contributed by atoms with Gasteiger partial charge in [-0.2, -0.15) is 4.39 Å². The molecule has 1 heterocycles. The number of nitrogens with one attached hydrogen (secondary N) is 1. The molecule has 0 unspecified atom stereocenters. The van der Waals surface area contributed by atoms with E-state index < -0.39 is 17.4 Å². The minimum atomic E-state index is -1.28. The van der Waals surface area contributed by atoms with E-state index >= 15 is 0 Å². The molecule has 1 aromatic carbocycles. The predicted molar refractivity (Wildman–Crippen MR) is 61.2 cm³/mol. The molecule has 3 nitrogen and oxygen atoms in total. The molecule has 2 rings (SSSR count). The highest BCUT2D eigenvalue weighted by Gasteiger charge is 2.19. The van der Waals surface area contributed by atoms with E-state index in [2.05, 4.69) is 5.32 Å². The van der Waals surface area contributed by atoms with Crippen LogP contribution in [0.15, 0.2) is 6.07 Å². The molecule has 0 bridgehead atoms. The summed E-state index contributed by atoms with van der Waals surface area (Å²) in [5.41, 5.74) is 0.173. The first-order valence-corrected chi connectivity index (χ1v) is 5.76. The van der Waals surface area contributed by atoms with Crippen molar-refractivity contribution in [2.45, 2.75) is 6.54 Å². The summed E-state index contributed by atoms with van der Waals surface area (Å²) in [6.45, 7) is 3.51. The first-order valence-electron chi connectivity index (χ1n) is 5.38. The van der Waals surface area contributed by atoms with Gasteiger partial charge in [-0.1, -0.05) is 11.6 Å². The fraction of sp³-hybridized carbons (Fsp3) is 0.455. The molecule has 17 heavy (non-hydrogen) atoms. The van der Waals surface area contributed by atoms with Gasteiger partial charge in [0.25, 0.3) is 0 Å². The Morgan fingerprint density at radius 1 is 1.29 bits per heavy atom. The highest BCUT2D eigenvalue weighted by molar-refractivity contribution is 6.32. The molecule has 0 aromatic heterocycles. The fourth-order valence-corrected chi connectivity index (χ4v) is 2.07. The van der Waals surface area contributed by atoms with Crippen LogP contribution in [0.4, 0.5) is 8.78 Å². The summed E-state index contributed by atoms with van der Waals surface area (Å²) in [6.07, 6.45) is 0. The van der Waals surface area contributed by atoms with E-state index in [1.807, 2.05) is 4.90 Å². The number of hydrogen-bond acceptors (Lipinski definition) is 3. The summed E-state index contributed by atoms with van der Waals surface area (Å²) < 4.78 is 26.8. The number of aromatic hydroxyl groups is 1. The Balaban J connectivity index is 2.20. The molecule has 6 heteroatoms. The summed E-state index contributed by atoms with van der Waals surface area (Å²) in [7, 11) is 0. The number of nitrogens with zero attached hydrogens (tertiary/aromatic N) is 1. The van der Waals surface area contributed by atoms with Gasteiger partial charge in [0, 0.05) is 38.3 Å². The van der Waals surface area contributed by atoms with Crippen molar-refractivity contribution in [2.75, 3.05) is 26.2 Å². The monoisotopic (exact) mass is 262 g/mol. The molecule has 1 aromatic rings. The summed E-state index contributed by atoms with van der Waals surface area (Å²) in [5, 5.41) is 12.2. The summed E-state index contributed by atoms with van der Waals surface area (Å²) in [5.74, 6) is -3.12. The van der Waals surface area contributed by atoms with E-state index in [0.717, 1.165) is 26.2 Å². The molecule has 0 atom stereocenters. The van der Waals surface area contributed by atoms with Gasteiger partial charge in [-0.3, -0.25) is 4.90 Å². The summed E-state index contributed by atoms with van der Waals surface area (Å²) in [6, 6.07) is 1.28. The van der Waals surface area contributed by atoms with Crippen molar-refractivity contribution in [1.82, 2.24) is 10.2 Å². The fourth-order valence-electron chi connectivity index (χ4n) is 1.86. The van der Waals surface area contributed by atoms with Crippen LogP contribution in [-0.4, -0.2) is 36.2 Å². The number of phenolic OH excluding ortho intramolecular Hbond substituents is 1. The maximum absolute atomic E-state index is 13.6. The Hall–Kier alpha value is -0.910. The highest BCUT2D eigenvalue weighted by Crippen LogP contribution is 2.31. The molecule has 0 aliphatic carbocycles. The van der Waals surface area contributed by atoms with Crippen LogP contribution in [0.2, 0.25) is 5.02 Å². The third-order valence-electron chi connectivity index (χ3n) is 2.81. The van der Waals surface area contributed by atoms with Crippen LogP contribution in [0.1, 0.15) is 5.56 Å². The lowest BCUT2D eigenvalue weighted by Crippen LogP contribution is -2.43. The second-order valence-corrected chi connectivity index (χ2v) is 4.43. The van der Waals surface area contributed by atoms with Gasteiger partial charge in [-0.25, -0.2) is 4.39 Å². The van der Waals surface area contributed by atoms with E-state index in [0.29, 0.717) is 6.54 Å². The molecule has 2 N–H and O–H groups in total. The van der Waals surface area contributed by atoms with Gasteiger partial charge in [0.1, 0.15) is 0 Å². The van der Waals surface area contributed by atoms with E-state index in [1.54, 1.807) is 0 Å². The zero-order valence-electron chi connectivity index (χ0n) is 9.14. The first kappa shape index (κ1) is 12.5. The van der Waals surface area contributed by atoms with Crippen molar-refractivity contribution in [2.24, 2.45) is 0 Å². The zero-order chi connectivity index (χ0) is 12.4. The third-order valence-corrected chi connectivity index (χ3v) is 3.10. The number of hydrogen-bond donors (Lipinski definition) is 2. The minimum Gasteiger partial charge on any atom is -0.504 e. The largest absolute Gasteiger partial charge is 0.504 e. The Bertz CT molecular complexity index is 422. The quantitative estimate of drug-likeness (QED) is 0.797. The van der Waals surface area contributed by atoms with Crippen LogP contribution in [0.25, 0.3) is 0 Å². The summed E-state index contributed by atoms with van der Waals surface area (Å²) >= 11 is 5.62. The molecule has 0 spiro atoms. The van der Waals surface area contributed by atoms with E-state index in [9.17, 15) is 8.78 Å². The van der Waals surface area contributed by atoms with E-state index in [1.165, 1.54) is 6.07 Å². The lowest BCUT2D eigenvalue weighted by Gasteiger charge is -2.27. The minimum absolute atomic E-state index is 0.158. The Morgan fingerprint density at radius 2 is 1.94 bits per heavy atom. The molecule has 94 valence electrons. The normalized spacial score (nSPS) is 17.4. The van der Waals surface area contributed by atoms with Gasteiger partial charge in [0.05, 0.1) is 5.02 Å². The molecular weight excluding hydrogens is 250 g/mol. The number of benzene rings is 1. The second-order valence-electron chi connectivity index (χ2n) is 4.02. The highest BCUT2D eigenvalue weighted by atomic mass is 35.5. The first-order chi connectivity index (χ1) is 8.09. The molecule has 1 aliphatic heterocycles. The third kappa shape index (κ3) is 2.68. The van der Waals surface area contributed by atoms with Crippen LogP contribution in [-0.2, 0) is 6.54 Å². The Labute approximate surface area is 103 Å². The van der Waals surface area contributed by atoms with Crippen LogP contribution in [0.3, 0.4) is 0 Å². The Morgan fingerprint density at radius 3 is 2.59 bits per heavy atom. The van der Waals surface area contributed by atoms with E-state index in [4.69, 9.17) is 16.7 Å². The van der Waals surface area contributed by atoms with Crippen molar-refractivity contribution in [3.8, 4) is 5.75 Å². The van der Waals surface area contributed by atoms with E-state index in [-0.39, 0.29) is 10.6 Å². The number of phenols is 1. The number of rotatable bonds is 2. The van der Waals surface area contributed by atoms with Gasteiger partial charge in [-0.05, 0) is 6.07 Å². The molecule has 0 radical (unpaired) electrons. The van der Waals surface area contributed by atoms with Crippen molar-refractivity contribution in [1.29, 1.82) is 0 Å². The molecule has 1 fully saturated rings. The molecule has 1 saturated heterocycles. The van der Waals surface area contributed by atoms with Crippen LogP contribution < -0.4 is 5.32 Å². The van der Waals surface area contributed by atoms with Crippen molar-refractivity contribution in [3.05, 3.63) is 28.3 Å². The van der Waals surface area contributed by atoms with Gasteiger partial charge in [0.15, 0.2) is 11.6 Å². The van der Waals surface area contributed by atoms with Crippen molar-refractivity contribution in [3.63, 3.8) is 0 Å². The standard InChI is InChI=1S/C11H13ClF2N2O/c12-8-5-7(9(13)10(14)11(8)17)6-16-3-1-15-2-4-16/h5,15,17H,1-4,6H2.